The molecule has 6 nitrogen and oxygen atoms in total. The summed E-state index contributed by atoms with van der Waals surface area (Å²) in [6.07, 6.45) is 0. The van der Waals surface area contributed by atoms with E-state index < -0.39 is 10.0 Å². The first-order valence-corrected chi connectivity index (χ1v) is 11.7. The van der Waals surface area contributed by atoms with Crippen molar-refractivity contribution >= 4 is 10.0 Å². The van der Waals surface area contributed by atoms with Gasteiger partial charge in [-0.2, -0.15) is 4.72 Å². The number of benzene rings is 2. The first-order chi connectivity index (χ1) is 13.8. The van der Waals surface area contributed by atoms with E-state index in [1.807, 2.05) is 48.5 Å². The molecule has 0 heterocycles. The number of rotatable bonds is 8. The summed E-state index contributed by atoms with van der Waals surface area (Å²) in [7, 11) is -3.73. The van der Waals surface area contributed by atoms with Gasteiger partial charge in [-0.15, -0.1) is 0 Å². The van der Waals surface area contributed by atoms with Crippen LogP contribution in [0, 0.1) is 0 Å². The van der Waals surface area contributed by atoms with Gasteiger partial charge >= 0.3 is 0 Å². The van der Waals surface area contributed by atoms with E-state index in [9.17, 15) is 13.5 Å². The second-order valence-electron chi connectivity index (χ2n) is 9.09. The summed E-state index contributed by atoms with van der Waals surface area (Å²) in [6, 6.07) is 10.0. The van der Waals surface area contributed by atoms with Crippen molar-refractivity contribution in [3.05, 3.63) is 47.5 Å². The second-order valence-corrected chi connectivity index (χ2v) is 10.8. The minimum atomic E-state index is -3.73. The maximum atomic E-state index is 13.3. The van der Waals surface area contributed by atoms with Gasteiger partial charge in [-0.25, -0.2) is 8.42 Å². The molecule has 0 atom stereocenters. The van der Waals surface area contributed by atoms with Gasteiger partial charge in [-0.3, -0.25) is 5.32 Å². The van der Waals surface area contributed by atoms with E-state index in [1.165, 1.54) is 0 Å². The lowest BCUT2D eigenvalue weighted by Gasteiger charge is -2.24. The fourth-order valence-corrected chi connectivity index (χ4v) is 4.61. The summed E-state index contributed by atoms with van der Waals surface area (Å²) < 4.78 is 35.2. The Morgan fingerprint density at radius 1 is 0.933 bits per heavy atom. The molecular formula is C23H34N2O4S. The van der Waals surface area contributed by atoms with Gasteiger partial charge in [0.1, 0.15) is 17.2 Å². The Hall–Kier alpha value is -2.09. The number of hydrogen-bond acceptors (Lipinski definition) is 5. The van der Waals surface area contributed by atoms with Gasteiger partial charge in [-0.05, 0) is 80.1 Å². The van der Waals surface area contributed by atoms with Gasteiger partial charge in [0.2, 0.25) is 10.0 Å². The molecule has 0 radical (unpaired) electrons. The lowest BCUT2D eigenvalue weighted by atomic mass is 9.95. The van der Waals surface area contributed by atoms with E-state index in [0.717, 1.165) is 0 Å². The summed E-state index contributed by atoms with van der Waals surface area (Å²) in [6.45, 7) is 14.0. The predicted molar refractivity (Wildman–Crippen MR) is 121 cm³/mol. The molecular weight excluding hydrogens is 400 g/mol. The molecule has 2 rings (SSSR count). The molecule has 0 aliphatic heterocycles. The highest BCUT2D eigenvalue weighted by Crippen LogP contribution is 2.37. The van der Waals surface area contributed by atoms with Crippen LogP contribution in [0.1, 0.15) is 71.4 Å². The maximum Gasteiger partial charge on any atom is 0.242 e. The normalized spacial score (nSPS) is 12.6. The Morgan fingerprint density at radius 2 is 1.43 bits per heavy atom. The van der Waals surface area contributed by atoms with Crippen molar-refractivity contribution in [1.29, 1.82) is 0 Å². The molecule has 7 heteroatoms. The summed E-state index contributed by atoms with van der Waals surface area (Å²) in [5.41, 5.74) is 1.21. The number of phenols is 1. The molecule has 0 aromatic heterocycles. The third-order valence-electron chi connectivity index (χ3n) is 4.59. The molecule has 0 saturated carbocycles. The van der Waals surface area contributed by atoms with Gasteiger partial charge in [0, 0.05) is 5.54 Å². The minimum absolute atomic E-state index is 0.0204. The van der Waals surface area contributed by atoms with Crippen molar-refractivity contribution in [1.82, 2.24) is 10.0 Å². The fraction of sp³-hybridized carbons (Fsp3) is 0.478. The van der Waals surface area contributed by atoms with Crippen LogP contribution in [0.25, 0.3) is 0 Å². The zero-order valence-corrected chi connectivity index (χ0v) is 19.7. The van der Waals surface area contributed by atoms with E-state index in [1.54, 1.807) is 36.4 Å². The second kappa shape index (κ2) is 9.37. The number of hydrogen-bond donors (Lipinski definition) is 3. The lowest BCUT2D eigenvalue weighted by Crippen LogP contribution is -2.44. The topological polar surface area (TPSA) is 87.7 Å². The van der Waals surface area contributed by atoms with Gasteiger partial charge < -0.3 is 9.84 Å². The molecule has 0 aliphatic rings. The third-order valence-corrected chi connectivity index (χ3v) is 6.12. The molecule has 2 aromatic rings. The number of ether oxygens (including phenoxy) is 1. The van der Waals surface area contributed by atoms with Crippen molar-refractivity contribution < 1.29 is 18.3 Å². The van der Waals surface area contributed by atoms with E-state index >= 15 is 0 Å². The van der Waals surface area contributed by atoms with Crippen molar-refractivity contribution in [3.63, 3.8) is 0 Å². The van der Waals surface area contributed by atoms with E-state index in [-0.39, 0.29) is 29.8 Å². The van der Waals surface area contributed by atoms with Crippen LogP contribution in [-0.2, 0) is 10.0 Å². The molecule has 2 aromatic carbocycles. The van der Waals surface area contributed by atoms with Crippen molar-refractivity contribution in [2.75, 3.05) is 6.67 Å². The van der Waals surface area contributed by atoms with Crippen molar-refractivity contribution in [2.24, 2.45) is 0 Å². The predicted octanol–water partition coefficient (Wildman–Crippen LogP) is 5.06. The molecule has 0 unspecified atom stereocenters. The quantitative estimate of drug-likeness (QED) is 0.506. The molecule has 30 heavy (non-hydrogen) atoms. The number of sulfonamides is 1. The van der Waals surface area contributed by atoms with Gasteiger partial charge in [0.15, 0.2) is 0 Å². The van der Waals surface area contributed by atoms with Crippen LogP contribution < -0.4 is 14.8 Å². The van der Waals surface area contributed by atoms with E-state index in [0.29, 0.717) is 27.5 Å². The average molecular weight is 435 g/mol. The summed E-state index contributed by atoms with van der Waals surface area (Å²) in [4.78, 5) is 0.321. The molecule has 3 N–H and O–H groups in total. The first-order valence-electron chi connectivity index (χ1n) is 10.2. The highest BCUT2D eigenvalue weighted by molar-refractivity contribution is 7.89. The molecule has 0 fully saturated rings. The Bertz CT molecular complexity index is 931. The zero-order chi connectivity index (χ0) is 22.7. The van der Waals surface area contributed by atoms with Gasteiger partial charge in [0.05, 0.1) is 11.6 Å². The molecule has 0 aliphatic carbocycles. The Kier molecular flexibility index (Phi) is 7.55. The SMILES string of the molecule is CC(C)c1cc(Oc2ccc(O)cc2)cc(C(C)C)c1S(=O)(=O)NCNC(C)(C)C. The fourth-order valence-electron chi connectivity index (χ4n) is 2.99. The summed E-state index contributed by atoms with van der Waals surface area (Å²) in [5, 5.41) is 12.6. The Labute approximate surface area is 180 Å². The Morgan fingerprint density at radius 3 is 1.87 bits per heavy atom. The van der Waals surface area contributed by atoms with E-state index in [2.05, 4.69) is 10.0 Å². The standard InChI is InChI=1S/C23H34N2O4S/c1-15(2)20-12-19(29-18-10-8-17(26)9-11-18)13-21(16(3)4)22(20)30(27,28)25-14-24-23(5,6)7/h8-13,15-16,24-26H,14H2,1-7H3. The monoisotopic (exact) mass is 434 g/mol. The first kappa shape index (κ1) is 24.2. The van der Waals surface area contributed by atoms with Crippen molar-refractivity contribution in [2.45, 2.75) is 70.7 Å². The minimum Gasteiger partial charge on any atom is -0.508 e. The van der Waals surface area contributed by atoms with Crippen LogP contribution in [-0.4, -0.2) is 25.7 Å². The highest BCUT2D eigenvalue weighted by atomic mass is 32.2. The zero-order valence-electron chi connectivity index (χ0n) is 18.9. The largest absolute Gasteiger partial charge is 0.508 e. The van der Waals surface area contributed by atoms with Crippen LogP contribution >= 0.6 is 0 Å². The molecule has 0 amide bonds. The van der Waals surface area contributed by atoms with Crippen LogP contribution in [0.5, 0.6) is 17.2 Å². The van der Waals surface area contributed by atoms with Crippen LogP contribution in [0.2, 0.25) is 0 Å². The molecule has 0 bridgehead atoms. The molecule has 0 spiro atoms. The summed E-state index contributed by atoms with van der Waals surface area (Å²) in [5.74, 6) is 1.26. The average Bonchev–Trinajstić information content (AvgIpc) is 2.61. The highest BCUT2D eigenvalue weighted by Gasteiger charge is 2.27. The third kappa shape index (κ3) is 6.45. The van der Waals surface area contributed by atoms with Crippen LogP contribution in [0.3, 0.4) is 0 Å². The molecule has 166 valence electrons. The van der Waals surface area contributed by atoms with Gasteiger partial charge in [-0.1, -0.05) is 27.7 Å². The smallest absolute Gasteiger partial charge is 0.242 e. The van der Waals surface area contributed by atoms with Crippen molar-refractivity contribution in [3.8, 4) is 17.2 Å². The summed E-state index contributed by atoms with van der Waals surface area (Å²) >= 11 is 0. The molecule has 0 saturated heterocycles. The number of aromatic hydroxyl groups is 1. The van der Waals surface area contributed by atoms with Crippen LogP contribution in [0.15, 0.2) is 41.3 Å². The lowest BCUT2D eigenvalue weighted by molar-refractivity contribution is 0.422. The number of nitrogens with one attached hydrogen (secondary N) is 2. The maximum absolute atomic E-state index is 13.3. The number of phenolic OH excluding ortho intramolecular Hbond substituents is 1. The Balaban J connectivity index is 2.49. The van der Waals surface area contributed by atoms with E-state index in [4.69, 9.17) is 4.74 Å². The van der Waals surface area contributed by atoms with Gasteiger partial charge in [0.25, 0.3) is 0 Å². The van der Waals surface area contributed by atoms with Crippen LogP contribution in [0.4, 0.5) is 0 Å².